The molecular formula is C17H24FIN4S. The molecule has 1 heterocycles. The van der Waals surface area contributed by atoms with E-state index in [4.69, 9.17) is 0 Å². The van der Waals surface area contributed by atoms with Gasteiger partial charge in [-0.2, -0.15) is 0 Å². The monoisotopic (exact) mass is 462 g/mol. The maximum atomic E-state index is 12.9. The molecule has 0 saturated carbocycles. The van der Waals surface area contributed by atoms with Gasteiger partial charge in [-0.05, 0) is 44.9 Å². The Morgan fingerprint density at radius 1 is 1.21 bits per heavy atom. The number of benzene rings is 1. The molecule has 0 aliphatic heterocycles. The number of aryl methyl sites for hydroxylation is 2. The maximum absolute atomic E-state index is 12.9. The number of hydrogen-bond acceptors (Lipinski definition) is 3. The fourth-order valence-electron chi connectivity index (χ4n) is 2.07. The van der Waals surface area contributed by atoms with E-state index in [1.807, 2.05) is 26.0 Å². The summed E-state index contributed by atoms with van der Waals surface area (Å²) < 4.78 is 12.9. The van der Waals surface area contributed by atoms with Crippen molar-refractivity contribution in [2.24, 2.45) is 4.99 Å². The largest absolute Gasteiger partial charge is 0.357 e. The Kier molecular flexibility index (Phi) is 9.20. The van der Waals surface area contributed by atoms with E-state index in [9.17, 15) is 4.39 Å². The number of aliphatic imine (C=N–C) groups is 1. The topological polar surface area (TPSA) is 49.3 Å². The molecule has 0 atom stereocenters. The molecule has 0 aliphatic rings. The van der Waals surface area contributed by atoms with E-state index in [-0.39, 0.29) is 29.8 Å². The third-order valence-corrected chi connectivity index (χ3v) is 4.47. The number of halogens is 2. The van der Waals surface area contributed by atoms with Crippen LogP contribution in [0, 0.1) is 19.7 Å². The Labute approximate surface area is 164 Å². The summed E-state index contributed by atoms with van der Waals surface area (Å²) in [6.07, 6.45) is 0.820. The predicted octanol–water partition coefficient (Wildman–Crippen LogP) is 3.81. The highest BCUT2D eigenvalue weighted by atomic mass is 127. The SMILES string of the molecule is CCNC(=NCc1nc(C)c(C)s1)NCCc1ccc(F)cc1.I. The zero-order chi connectivity index (χ0) is 16.7. The number of thiazole rings is 1. The summed E-state index contributed by atoms with van der Waals surface area (Å²) in [5.74, 6) is 0.575. The van der Waals surface area contributed by atoms with Crippen molar-refractivity contribution in [3.63, 3.8) is 0 Å². The van der Waals surface area contributed by atoms with Gasteiger partial charge in [-0.25, -0.2) is 14.4 Å². The molecule has 0 amide bonds. The molecule has 0 aliphatic carbocycles. The Bertz CT molecular complexity index is 636. The molecular weight excluding hydrogens is 438 g/mol. The van der Waals surface area contributed by atoms with Gasteiger partial charge in [0.1, 0.15) is 10.8 Å². The molecule has 1 aromatic heterocycles. The molecule has 132 valence electrons. The quantitative estimate of drug-likeness (QED) is 0.390. The fraction of sp³-hybridized carbons (Fsp3) is 0.412. The van der Waals surface area contributed by atoms with Crippen LogP contribution < -0.4 is 10.6 Å². The highest BCUT2D eigenvalue weighted by molar-refractivity contribution is 14.0. The number of aromatic nitrogens is 1. The van der Waals surface area contributed by atoms with Crippen LogP contribution in [0.2, 0.25) is 0 Å². The zero-order valence-corrected chi connectivity index (χ0v) is 17.4. The number of guanidine groups is 1. The van der Waals surface area contributed by atoms with Gasteiger partial charge in [0.15, 0.2) is 5.96 Å². The molecule has 0 spiro atoms. The normalized spacial score (nSPS) is 11.1. The van der Waals surface area contributed by atoms with Gasteiger partial charge in [0.05, 0.1) is 12.2 Å². The highest BCUT2D eigenvalue weighted by Crippen LogP contribution is 2.16. The van der Waals surface area contributed by atoms with Gasteiger partial charge < -0.3 is 10.6 Å². The average molecular weight is 462 g/mol. The fourth-order valence-corrected chi connectivity index (χ4v) is 2.93. The molecule has 0 bridgehead atoms. The Balaban J connectivity index is 0.00000288. The van der Waals surface area contributed by atoms with Gasteiger partial charge in [-0.1, -0.05) is 12.1 Å². The average Bonchev–Trinajstić information content (AvgIpc) is 2.85. The van der Waals surface area contributed by atoms with Crippen molar-refractivity contribution in [3.8, 4) is 0 Å². The standard InChI is InChI=1S/C17H23FN4S.HI/c1-4-19-17(21-11-16-22-12(2)13(3)23-16)20-10-9-14-5-7-15(18)8-6-14;/h5-8H,4,9-11H2,1-3H3,(H2,19,20,21);1H. The molecule has 0 saturated heterocycles. The molecule has 2 aromatic rings. The first-order valence-electron chi connectivity index (χ1n) is 7.78. The van der Waals surface area contributed by atoms with Crippen molar-refractivity contribution in [2.75, 3.05) is 13.1 Å². The van der Waals surface area contributed by atoms with Crippen molar-refractivity contribution in [3.05, 3.63) is 51.2 Å². The van der Waals surface area contributed by atoms with Gasteiger partial charge in [-0.3, -0.25) is 0 Å². The van der Waals surface area contributed by atoms with Crippen LogP contribution in [0.3, 0.4) is 0 Å². The Hall–Kier alpha value is -1.22. The van der Waals surface area contributed by atoms with Crippen molar-refractivity contribution in [1.82, 2.24) is 15.6 Å². The maximum Gasteiger partial charge on any atom is 0.191 e. The third-order valence-electron chi connectivity index (χ3n) is 3.41. The molecule has 24 heavy (non-hydrogen) atoms. The second-order valence-corrected chi connectivity index (χ2v) is 6.54. The first kappa shape index (κ1) is 20.8. The van der Waals surface area contributed by atoms with E-state index in [2.05, 4.69) is 27.5 Å². The second-order valence-electron chi connectivity index (χ2n) is 5.25. The summed E-state index contributed by atoms with van der Waals surface area (Å²) in [6.45, 7) is 8.25. The lowest BCUT2D eigenvalue weighted by Crippen LogP contribution is -2.38. The summed E-state index contributed by atoms with van der Waals surface area (Å²) in [4.78, 5) is 10.3. The lowest BCUT2D eigenvalue weighted by molar-refractivity contribution is 0.626. The minimum absolute atomic E-state index is 0. The lowest BCUT2D eigenvalue weighted by atomic mass is 10.1. The Morgan fingerprint density at radius 3 is 2.50 bits per heavy atom. The lowest BCUT2D eigenvalue weighted by Gasteiger charge is -2.11. The van der Waals surface area contributed by atoms with E-state index < -0.39 is 0 Å². The number of rotatable bonds is 6. The minimum atomic E-state index is -0.203. The van der Waals surface area contributed by atoms with Gasteiger partial charge in [-0.15, -0.1) is 35.3 Å². The minimum Gasteiger partial charge on any atom is -0.357 e. The van der Waals surface area contributed by atoms with Crippen LogP contribution in [-0.2, 0) is 13.0 Å². The van der Waals surface area contributed by atoms with E-state index in [1.54, 1.807) is 11.3 Å². The number of hydrogen-bond donors (Lipinski definition) is 2. The van der Waals surface area contributed by atoms with Crippen molar-refractivity contribution in [2.45, 2.75) is 33.7 Å². The smallest absolute Gasteiger partial charge is 0.191 e. The number of nitrogens with zero attached hydrogens (tertiary/aromatic N) is 2. The Morgan fingerprint density at radius 2 is 1.92 bits per heavy atom. The van der Waals surface area contributed by atoms with Crippen LogP contribution in [-0.4, -0.2) is 24.0 Å². The van der Waals surface area contributed by atoms with E-state index in [1.165, 1.54) is 17.0 Å². The molecule has 1 aromatic carbocycles. The van der Waals surface area contributed by atoms with Crippen LogP contribution in [0.1, 0.15) is 28.1 Å². The summed E-state index contributed by atoms with van der Waals surface area (Å²) in [7, 11) is 0. The summed E-state index contributed by atoms with van der Waals surface area (Å²) in [5, 5.41) is 7.55. The van der Waals surface area contributed by atoms with Crippen LogP contribution in [0.25, 0.3) is 0 Å². The van der Waals surface area contributed by atoms with Gasteiger partial charge in [0.2, 0.25) is 0 Å². The molecule has 7 heteroatoms. The zero-order valence-electron chi connectivity index (χ0n) is 14.2. The number of nitrogens with one attached hydrogen (secondary N) is 2. The molecule has 2 N–H and O–H groups in total. The van der Waals surface area contributed by atoms with E-state index in [0.29, 0.717) is 6.54 Å². The first-order valence-corrected chi connectivity index (χ1v) is 8.59. The van der Waals surface area contributed by atoms with Gasteiger partial charge in [0.25, 0.3) is 0 Å². The van der Waals surface area contributed by atoms with Crippen molar-refractivity contribution in [1.29, 1.82) is 0 Å². The van der Waals surface area contributed by atoms with Crippen molar-refractivity contribution < 1.29 is 4.39 Å². The third kappa shape index (κ3) is 6.72. The molecule has 0 unspecified atom stereocenters. The summed E-state index contributed by atoms with van der Waals surface area (Å²) >= 11 is 1.69. The molecule has 0 fully saturated rings. The van der Waals surface area contributed by atoms with E-state index >= 15 is 0 Å². The summed E-state index contributed by atoms with van der Waals surface area (Å²) in [6, 6.07) is 6.59. The van der Waals surface area contributed by atoms with Crippen LogP contribution in [0.5, 0.6) is 0 Å². The molecule has 0 radical (unpaired) electrons. The van der Waals surface area contributed by atoms with Gasteiger partial charge >= 0.3 is 0 Å². The summed E-state index contributed by atoms with van der Waals surface area (Å²) in [5.41, 5.74) is 2.18. The van der Waals surface area contributed by atoms with Crippen LogP contribution in [0.15, 0.2) is 29.3 Å². The second kappa shape index (κ2) is 10.6. The van der Waals surface area contributed by atoms with E-state index in [0.717, 1.165) is 41.7 Å². The van der Waals surface area contributed by atoms with Crippen LogP contribution >= 0.6 is 35.3 Å². The van der Waals surface area contributed by atoms with Gasteiger partial charge in [0, 0.05) is 18.0 Å². The molecule has 2 rings (SSSR count). The predicted molar refractivity (Wildman–Crippen MR) is 110 cm³/mol. The highest BCUT2D eigenvalue weighted by Gasteiger charge is 2.04. The van der Waals surface area contributed by atoms with Crippen molar-refractivity contribution >= 4 is 41.3 Å². The first-order chi connectivity index (χ1) is 11.1. The van der Waals surface area contributed by atoms with Crippen LogP contribution in [0.4, 0.5) is 4.39 Å². The molecule has 4 nitrogen and oxygen atoms in total.